The summed E-state index contributed by atoms with van der Waals surface area (Å²) in [5.74, 6) is 0. The molecule has 0 aliphatic heterocycles. The Kier molecular flexibility index (Phi) is 12.2. The Morgan fingerprint density at radius 2 is 1.03 bits per heavy atom. The van der Waals surface area contributed by atoms with Crippen LogP contribution in [-0.4, -0.2) is 0 Å². The van der Waals surface area contributed by atoms with Crippen molar-refractivity contribution in [2.45, 2.75) is 116 Å². The molecule has 172 valence electrons. The van der Waals surface area contributed by atoms with Crippen molar-refractivity contribution in [2.75, 3.05) is 0 Å². The molecule has 3 heteroatoms. The van der Waals surface area contributed by atoms with Crippen molar-refractivity contribution < 1.29 is 20.8 Å². The van der Waals surface area contributed by atoms with Gasteiger partial charge in [-0.2, -0.15) is 46.5 Å². The first kappa shape index (κ1) is 27.4. The van der Waals surface area contributed by atoms with E-state index in [1.54, 1.807) is 11.1 Å². The summed E-state index contributed by atoms with van der Waals surface area (Å²) in [6.07, 6.45) is 16.9. The first-order chi connectivity index (χ1) is 14.9. The maximum atomic E-state index is 4.93. The van der Waals surface area contributed by atoms with Crippen LogP contribution >= 0.6 is 17.0 Å². The van der Waals surface area contributed by atoms with Crippen LogP contribution in [-0.2, 0) is 31.7 Å². The average Bonchev–Trinajstić information content (AvgIpc) is 3.45. The molecule has 0 spiro atoms. The summed E-state index contributed by atoms with van der Waals surface area (Å²) in [5.41, 5.74) is 7.14. The van der Waals surface area contributed by atoms with Crippen molar-refractivity contribution >= 4 is 17.0 Å². The third-order valence-electron chi connectivity index (χ3n) is 8.02. The predicted molar refractivity (Wildman–Crippen MR) is 135 cm³/mol. The maximum absolute atomic E-state index is 4.93. The van der Waals surface area contributed by atoms with Crippen LogP contribution in [0.4, 0.5) is 0 Å². The first-order valence-electron chi connectivity index (χ1n) is 12.4. The van der Waals surface area contributed by atoms with E-state index in [0.717, 1.165) is 0 Å². The van der Waals surface area contributed by atoms with Gasteiger partial charge in [-0.25, -0.2) is 12.1 Å². The van der Waals surface area contributed by atoms with Gasteiger partial charge in [0, 0.05) is 0 Å². The second-order valence-corrected chi connectivity index (χ2v) is 13.5. The predicted octanol–water partition coefficient (Wildman–Crippen LogP) is 10.0. The van der Waals surface area contributed by atoms with Crippen molar-refractivity contribution in [2.24, 2.45) is 0 Å². The third kappa shape index (κ3) is 7.58. The van der Waals surface area contributed by atoms with Crippen LogP contribution in [0.5, 0.6) is 0 Å². The number of aryl methyl sites for hydroxylation is 2. The van der Waals surface area contributed by atoms with Gasteiger partial charge in [0.1, 0.15) is 0 Å². The van der Waals surface area contributed by atoms with Gasteiger partial charge in [-0.3, -0.25) is 0 Å². The van der Waals surface area contributed by atoms with E-state index in [9.17, 15) is 0 Å². The third-order valence-corrected chi connectivity index (χ3v) is 8.02. The van der Waals surface area contributed by atoms with E-state index in [-0.39, 0.29) is 0 Å². The van der Waals surface area contributed by atoms with Gasteiger partial charge in [0.15, 0.2) is 0 Å². The zero-order valence-electron chi connectivity index (χ0n) is 20.2. The molecule has 2 aliphatic carbocycles. The van der Waals surface area contributed by atoms with E-state index in [1.165, 1.54) is 88.2 Å². The van der Waals surface area contributed by atoms with Crippen LogP contribution in [0.1, 0.15) is 113 Å². The number of hydrogen-bond donors (Lipinski definition) is 0. The Labute approximate surface area is 210 Å². The van der Waals surface area contributed by atoms with Crippen LogP contribution in [0.25, 0.3) is 0 Å². The molecule has 0 atom stereocenters. The summed E-state index contributed by atoms with van der Waals surface area (Å²) in [6, 6.07) is 14.0. The fraction of sp³-hybridized carbons (Fsp3) is 0.643. The molecule has 31 heavy (non-hydrogen) atoms. The molecule has 2 aromatic rings. The molecule has 2 aromatic carbocycles. The number of hydrogen-bond acceptors (Lipinski definition) is 0. The van der Waals surface area contributed by atoms with Crippen LogP contribution in [0.15, 0.2) is 36.4 Å². The van der Waals surface area contributed by atoms with Gasteiger partial charge in [0.25, 0.3) is 0 Å². The second-order valence-electron chi connectivity index (χ2n) is 9.81. The molecule has 0 unspecified atom stereocenters. The zero-order chi connectivity index (χ0) is 22.7. The molecule has 0 radical (unpaired) electrons. The molecule has 0 saturated heterocycles. The molecule has 4 rings (SSSR count). The van der Waals surface area contributed by atoms with Crippen molar-refractivity contribution in [1.82, 2.24) is 0 Å². The molecule has 2 aliphatic rings. The fourth-order valence-electron chi connectivity index (χ4n) is 5.94. The van der Waals surface area contributed by atoms with Gasteiger partial charge < -0.3 is 0 Å². The summed E-state index contributed by atoms with van der Waals surface area (Å²) in [6.45, 7) is 9.12. The summed E-state index contributed by atoms with van der Waals surface area (Å²) >= 11 is -0.826. The monoisotopic (exact) mass is 538 g/mol. The molecule has 2 fully saturated rings. The minimum atomic E-state index is -0.826. The van der Waals surface area contributed by atoms with Gasteiger partial charge in [-0.1, -0.05) is 116 Å². The average molecular weight is 541 g/mol. The minimum absolute atomic E-state index is 0.534. The second kappa shape index (κ2) is 13.8. The Morgan fingerprint density at radius 3 is 1.26 bits per heavy atom. The molecule has 2 saturated carbocycles. The van der Waals surface area contributed by atoms with Gasteiger partial charge in [-0.05, 0) is 0 Å². The molecule has 0 heterocycles. The topological polar surface area (TPSA) is 0 Å². The quantitative estimate of drug-likeness (QED) is 0.339. The van der Waals surface area contributed by atoms with Gasteiger partial charge in [0.05, 0.1) is 0 Å². The van der Waals surface area contributed by atoms with E-state index < -0.39 is 20.8 Å². The standard InChI is InChI=1S/2C14H21.2ClH.Zr/c2*1-3-14(9-5-4-6-10-14)13-8-7-12(2)11-13;;;/h2*7-8,11H,3-6,9-10H2,1-2H3;2*1H;/q2*-1;;;+4/p-2. The summed E-state index contributed by atoms with van der Waals surface area (Å²) in [5, 5.41) is 0. The summed E-state index contributed by atoms with van der Waals surface area (Å²) in [4.78, 5) is 0. The Morgan fingerprint density at radius 1 is 0.710 bits per heavy atom. The SMILES string of the molecule is CCC1(c2cc[c-](C)c2)CCCCC1.CCC1(c2cc[c-](C)c2)CCCCC1.[Cl][Zr+2][Cl]. The van der Waals surface area contributed by atoms with E-state index >= 15 is 0 Å². The molecule has 0 bridgehead atoms. The summed E-state index contributed by atoms with van der Waals surface area (Å²) in [7, 11) is 9.87. The van der Waals surface area contributed by atoms with Crippen LogP contribution in [0, 0.1) is 13.8 Å². The number of halogens is 2. The summed E-state index contributed by atoms with van der Waals surface area (Å²) < 4.78 is 0. The molecule has 0 aromatic heterocycles. The van der Waals surface area contributed by atoms with Crippen molar-refractivity contribution in [3.8, 4) is 0 Å². The van der Waals surface area contributed by atoms with Crippen molar-refractivity contribution in [1.29, 1.82) is 0 Å². The van der Waals surface area contributed by atoms with E-state index in [1.807, 2.05) is 0 Å². The Balaban J connectivity index is 0.000000196. The van der Waals surface area contributed by atoms with E-state index in [4.69, 9.17) is 17.0 Å². The molecular formula is C28H42Cl2Zr. The first-order valence-corrected chi connectivity index (χ1v) is 18.7. The van der Waals surface area contributed by atoms with E-state index in [0.29, 0.717) is 10.8 Å². The Bertz CT molecular complexity index is 668. The van der Waals surface area contributed by atoms with E-state index in [2.05, 4.69) is 64.1 Å². The van der Waals surface area contributed by atoms with Gasteiger partial charge in [-0.15, -0.1) is 0 Å². The fourth-order valence-corrected chi connectivity index (χ4v) is 5.94. The molecule has 0 nitrogen and oxygen atoms in total. The molecule has 0 N–H and O–H groups in total. The van der Waals surface area contributed by atoms with Crippen LogP contribution in [0.3, 0.4) is 0 Å². The van der Waals surface area contributed by atoms with Crippen molar-refractivity contribution in [3.63, 3.8) is 0 Å². The van der Waals surface area contributed by atoms with Crippen LogP contribution in [0.2, 0.25) is 0 Å². The zero-order valence-corrected chi connectivity index (χ0v) is 24.2. The molecule has 0 amide bonds. The van der Waals surface area contributed by atoms with Crippen LogP contribution < -0.4 is 0 Å². The van der Waals surface area contributed by atoms with Gasteiger partial charge >= 0.3 is 37.9 Å². The van der Waals surface area contributed by atoms with Crippen molar-refractivity contribution in [3.05, 3.63) is 58.7 Å². The number of rotatable bonds is 4. The normalized spacial score (nSPS) is 19.3. The molecular weight excluding hydrogens is 498 g/mol. The Hall–Kier alpha value is 0.163. The van der Waals surface area contributed by atoms with Gasteiger partial charge in [0.2, 0.25) is 0 Å².